The maximum atomic E-state index is 12.3. The van der Waals surface area contributed by atoms with E-state index in [0.29, 0.717) is 6.79 Å². The van der Waals surface area contributed by atoms with Crippen molar-refractivity contribution in [3.8, 4) is 11.5 Å². The fourth-order valence-electron chi connectivity index (χ4n) is 2.72. The fourth-order valence-corrected chi connectivity index (χ4v) is 3.99. The second kappa shape index (κ2) is 11.5. The van der Waals surface area contributed by atoms with Gasteiger partial charge >= 0.3 is 29.6 Å². The van der Waals surface area contributed by atoms with E-state index < -0.39 is 10.8 Å². The standard InChI is InChI=1S/C18H28O3S.Na.H/c1-3-4-5-6-7-8-11-22(19)15(2)12-16-9-10-17-18(13-16)21-14-20-17;;/h9-10,13,15H,3-8,11-12,14H2,1-2H3;;/q;+1;-1. The molecule has 3 nitrogen and oxygen atoms in total. The van der Waals surface area contributed by atoms with Gasteiger partial charge in [-0.25, -0.2) is 0 Å². The summed E-state index contributed by atoms with van der Waals surface area (Å²) in [4.78, 5) is 0. The van der Waals surface area contributed by atoms with Crippen LogP contribution < -0.4 is 39.0 Å². The van der Waals surface area contributed by atoms with Crippen molar-refractivity contribution in [2.75, 3.05) is 12.5 Å². The largest absolute Gasteiger partial charge is 1.00 e. The third kappa shape index (κ3) is 7.16. The normalized spacial score (nSPS) is 15.0. The Bertz CT molecular complexity index is 499. The Hall–Kier alpha value is -0.0300. The molecule has 0 N–H and O–H groups in total. The molecule has 0 amide bonds. The number of hydrogen-bond donors (Lipinski definition) is 0. The van der Waals surface area contributed by atoms with Crippen LogP contribution in [0.25, 0.3) is 0 Å². The van der Waals surface area contributed by atoms with E-state index in [-0.39, 0.29) is 36.2 Å². The summed E-state index contributed by atoms with van der Waals surface area (Å²) < 4.78 is 23.0. The van der Waals surface area contributed by atoms with Crippen LogP contribution in [0, 0.1) is 0 Å². The van der Waals surface area contributed by atoms with Crippen molar-refractivity contribution in [2.45, 2.75) is 64.0 Å². The van der Waals surface area contributed by atoms with Crippen LogP contribution in [-0.2, 0) is 17.2 Å². The third-order valence-electron chi connectivity index (χ3n) is 4.11. The second-order valence-electron chi connectivity index (χ2n) is 6.05. The molecular formula is C18H29NaO3S. The van der Waals surface area contributed by atoms with Crippen molar-refractivity contribution in [1.29, 1.82) is 0 Å². The molecule has 23 heavy (non-hydrogen) atoms. The molecule has 1 aromatic rings. The smallest absolute Gasteiger partial charge is 1.00 e. The van der Waals surface area contributed by atoms with Crippen LogP contribution in [0.3, 0.4) is 0 Å². The maximum absolute atomic E-state index is 12.3. The first kappa shape index (κ1) is 21.0. The van der Waals surface area contributed by atoms with Crippen LogP contribution in [0.1, 0.15) is 59.4 Å². The Kier molecular flexibility index (Phi) is 10.5. The summed E-state index contributed by atoms with van der Waals surface area (Å²) >= 11 is 0. The van der Waals surface area contributed by atoms with Crippen LogP contribution in [-0.4, -0.2) is 22.0 Å². The zero-order valence-corrected chi connectivity index (χ0v) is 17.6. The molecule has 2 rings (SSSR count). The van der Waals surface area contributed by atoms with Crippen molar-refractivity contribution in [2.24, 2.45) is 0 Å². The summed E-state index contributed by atoms with van der Waals surface area (Å²) in [5.74, 6) is 2.45. The molecule has 1 aromatic carbocycles. The Morgan fingerprint density at radius 2 is 1.83 bits per heavy atom. The topological polar surface area (TPSA) is 35.5 Å². The van der Waals surface area contributed by atoms with Gasteiger partial charge in [0.1, 0.15) is 0 Å². The van der Waals surface area contributed by atoms with Gasteiger partial charge in [0.25, 0.3) is 0 Å². The van der Waals surface area contributed by atoms with Gasteiger partial charge in [-0.3, -0.25) is 4.21 Å². The first-order valence-electron chi connectivity index (χ1n) is 8.46. The van der Waals surface area contributed by atoms with Crippen LogP contribution in [0.2, 0.25) is 0 Å². The average Bonchev–Trinajstić information content (AvgIpc) is 2.98. The molecule has 1 aliphatic rings. The molecule has 0 saturated heterocycles. The summed E-state index contributed by atoms with van der Waals surface area (Å²) in [6.07, 6.45) is 8.32. The summed E-state index contributed by atoms with van der Waals surface area (Å²) in [7, 11) is -0.743. The number of unbranched alkanes of at least 4 members (excludes halogenated alkanes) is 5. The summed E-state index contributed by atoms with van der Waals surface area (Å²) in [6.45, 7) is 4.61. The minimum absolute atomic E-state index is 0. The van der Waals surface area contributed by atoms with Crippen molar-refractivity contribution in [3.05, 3.63) is 23.8 Å². The molecule has 0 bridgehead atoms. The van der Waals surface area contributed by atoms with Gasteiger partial charge in [-0.2, -0.15) is 0 Å². The first-order chi connectivity index (χ1) is 10.7. The minimum Gasteiger partial charge on any atom is -1.00 e. The van der Waals surface area contributed by atoms with Crippen LogP contribution in [0.5, 0.6) is 11.5 Å². The summed E-state index contributed by atoms with van der Waals surface area (Å²) in [5.41, 5.74) is 1.17. The van der Waals surface area contributed by atoms with E-state index in [1.54, 1.807) is 0 Å². The van der Waals surface area contributed by atoms with Crippen molar-refractivity contribution >= 4 is 10.8 Å². The fraction of sp³-hybridized carbons (Fsp3) is 0.667. The van der Waals surface area contributed by atoms with Crippen molar-refractivity contribution < 1.29 is 44.7 Å². The number of benzene rings is 1. The molecule has 2 unspecified atom stereocenters. The van der Waals surface area contributed by atoms with Gasteiger partial charge in [-0.05, 0) is 30.5 Å². The Morgan fingerprint density at radius 1 is 1.13 bits per heavy atom. The van der Waals surface area contributed by atoms with Crippen LogP contribution in [0.15, 0.2) is 18.2 Å². The van der Waals surface area contributed by atoms with E-state index in [4.69, 9.17) is 9.47 Å². The number of fused-ring (bicyclic) bond motifs is 1. The Labute approximate surface area is 166 Å². The summed E-state index contributed by atoms with van der Waals surface area (Å²) in [5, 5.41) is 0.191. The van der Waals surface area contributed by atoms with Gasteiger partial charge in [0.05, 0.1) is 0 Å². The molecule has 0 fully saturated rings. The average molecular weight is 348 g/mol. The Morgan fingerprint density at radius 3 is 2.61 bits per heavy atom. The van der Waals surface area contributed by atoms with E-state index in [1.165, 1.54) is 37.7 Å². The SMILES string of the molecule is CCCCCCCCS(=O)C(C)Cc1ccc2c(c1)OCO2.[H-].[Na+]. The van der Waals surface area contributed by atoms with Gasteiger partial charge in [-0.1, -0.05) is 52.0 Å². The predicted octanol–water partition coefficient (Wildman–Crippen LogP) is 1.57. The molecule has 5 heteroatoms. The molecule has 126 valence electrons. The molecule has 0 aliphatic carbocycles. The van der Waals surface area contributed by atoms with E-state index >= 15 is 0 Å². The van der Waals surface area contributed by atoms with Crippen molar-refractivity contribution in [3.63, 3.8) is 0 Å². The monoisotopic (exact) mass is 348 g/mol. The molecule has 1 aliphatic heterocycles. The first-order valence-corrected chi connectivity index (χ1v) is 9.84. The molecular weight excluding hydrogens is 319 g/mol. The minimum atomic E-state index is -0.743. The van der Waals surface area contributed by atoms with Crippen LogP contribution >= 0.6 is 0 Å². The predicted molar refractivity (Wildman–Crippen MR) is 93.2 cm³/mol. The van der Waals surface area contributed by atoms with Gasteiger partial charge in [0.15, 0.2) is 11.5 Å². The quantitative estimate of drug-likeness (QED) is 0.476. The molecule has 0 saturated carbocycles. The van der Waals surface area contributed by atoms with E-state index in [0.717, 1.165) is 30.1 Å². The summed E-state index contributed by atoms with van der Waals surface area (Å²) in [6, 6.07) is 6.01. The number of rotatable bonds is 10. The van der Waals surface area contributed by atoms with Crippen LogP contribution in [0.4, 0.5) is 0 Å². The zero-order chi connectivity index (χ0) is 15.8. The zero-order valence-electron chi connectivity index (χ0n) is 15.8. The van der Waals surface area contributed by atoms with Gasteiger partial charge in [0.2, 0.25) is 6.79 Å². The van der Waals surface area contributed by atoms with Gasteiger partial charge in [0, 0.05) is 21.8 Å². The maximum Gasteiger partial charge on any atom is 1.00 e. The molecule has 0 radical (unpaired) electrons. The van der Waals surface area contributed by atoms with Crippen molar-refractivity contribution in [1.82, 2.24) is 0 Å². The molecule has 1 heterocycles. The van der Waals surface area contributed by atoms with E-state index in [1.807, 2.05) is 18.2 Å². The second-order valence-corrected chi connectivity index (χ2v) is 8.03. The molecule has 0 aromatic heterocycles. The van der Waals surface area contributed by atoms with E-state index in [2.05, 4.69) is 13.8 Å². The third-order valence-corrected chi connectivity index (χ3v) is 5.86. The number of hydrogen-bond acceptors (Lipinski definition) is 3. The molecule has 0 spiro atoms. The molecule has 2 atom stereocenters. The van der Waals surface area contributed by atoms with Gasteiger partial charge < -0.3 is 10.9 Å². The number of ether oxygens (including phenoxy) is 2. The van der Waals surface area contributed by atoms with E-state index in [9.17, 15) is 4.21 Å². The Balaban J connectivity index is 0.00000264. The van der Waals surface area contributed by atoms with Gasteiger partial charge in [-0.15, -0.1) is 0 Å².